The molecular weight excluding hydrogens is 258 g/mol. The Bertz CT molecular complexity index is 476. The second kappa shape index (κ2) is 7.59. The van der Waals surface area contributed by atoms with Crippen molar-refractivity contribution in [1.29, 1.82) is 0 Å². The summed E-state index contributed by atoms with van der Waals surface area (Å²) < 4.78 is 0. The van der Waals surface area contributed by atoms with Crippen molar-refractivity contribution in [2.24, 2.45) is 0 Å². The molecule has 1 heterocycles. The van der Waals surface area contributed by atoms with Crippen LogP contribution < -0.4 is 5.32 Å². The topological polar surface area (TPSA) is 82.5 Å². The van der Waals surface area contributed by atoms with E-state index in [1.807, 2.05) is 7.05 Å². The van der Waals surface area contributed by atoms with E-state index in [9.17, 15) is 9.59 Å². The number of carboxylic acid groups (broad SMARTS) is 1. The van der Waals surface area contributed by atoms with E-state index in [-0.39, 0.29) is 17.3 Å². The molecule has 0 saturated heterocycles. The van der Waals surface area contributed by atoms with Crippen LogP contribution in [0.1, 0.15) is 41.2 Å². The number of aromatic carboxylic acids is 1. The molecule has 0 aliphatic rings. The minimum atomic E-state index is -1.14. The van der Waals surface area contributed by atoms with Crippen molar-refractivity contribution in [2.45, 2.75) is 26.3 Å². The molecular formula is C14H21N3O3. The lowest BCUT2D eigenvalue weighted by molar-refractivity contribution is 0.0690. The molecule has 1 amide bonds. The lowest BCUT2D eigenvalue weighted by Gasteiger charge is -2.23. The van der Waals surface area contributed by atoms with Crippen molar-refractivity contribution in [1.82, 2.24) is 15.2 Å². The number of carbonyl (C=O) groups excluding carboxylic acids is 1. The fraction of sp³-hybridized carbons (Fsp3) is 0.500. The van der Waals surface area contributed by atoms with Gasteiger partial charge >= 0.3 is 5.97 Å². The number of nitrogens with one attached hydrogen (secondary N) is 1. The van der Waals surface area contributed by atoms with Crippen molar-refractivity contribution < 1.29 is 14.7 Å². The smallest absolute Gasteiger partial charge is 0.354 e. The highest BCUT2D eigenvalue weighted by atomic mass is 16.4. The van der Waals surface area contributed by atoms with Gasteiger partial charge in [0, 0.05) is 19.1 Å². The summed E-state index contributed by atoms with van der Waals surface area (Å²) in [6, 6.07) is 4.83. The van der Waals surface area contributed by atoms with Crippen molar-refractivity contribution >= 4 is 11.9 Å². The monoisotopic (exact) mass is 279 g/mol. The third kappa shape index (κ3) is 4.62. The van der Waals surface area contributed by atoms with Crippen LogP contribution in [0, 0.1) is 0 Å². The number of rotatable bonds is 7. The first kappa shape index (κ1) is 16.1. The molecule has 0 radical (unpaired) electrons. The number of likely N-dealkylation sites (N-methyl/N-ethyl adjacent to an activating group) is 1. The molecule has 1 aromatic heterocycles. The van der Waals surface area contributed by atoms with Crippen LogP contribution in [0.25, 0.3) is 0 Å². The molecule has 1 aromatic rings. The molecule has 0 spiro atoms. The van der Waals surface area contributed by atoms with Crippen LogP contribution in [0.15, 0.2) is 18.2 Å². The van der Waals surface area contributed by atoms with Gasteiger partial charge in [-0.25, -0.2) is 9.78 Å². The van der Waals surface area contributed by atoms with Crippen LogP contribution in [0.2, 0.25) is 0 Å². The molecule has 110 valence electrons. The Kier molecular flexibility index (Phi) is 6.11. The first-order valence-electron chi connectivity index (χ1n) is 6.64. The Morgan fingerprint density at radius 3 is 2.65 bits per heavy atom. The summed E-state index contributed by atoms with van der Waals surface area (Å²) in [6.07, 6.45) is 1.05. The van der Waals surface area contributed by atoms with Gasteiger partial charge in [-0.2, -0.15) is 0 Å². The van der Waals surface area contributed by atoms with Crippen molar-refractivity contribution in [3.05, 3.63) is 29.6 Å². The van der Waals surface area contributed by atoms with Crippen molar-refractivity contribution in [2.75, 3.05) is 20.1 Å². The number of carboxylic acids is 1. The van der Waals surface area contributed by atoms with Gasteiger partial charge in [0.1, 0.15) is 11.4 Å². The normalized spacial score (nSPS) is 12.2. The van der Waals surface area contributed by atoms with Gasteiger partial charge in [0.25, 0.3) is 5.91 Å². The van der Waals surface area contributed by atoms with Gasteiger partial charge in [0.05, 0.1) is 0 Å². The Morgan fingerprint density at radius 1 is 1.40 bits per heavy atom. The van der Waals surface area contributed by atoms with Crippen molar-refractivity contribution in [3.8, 4) is 0 Å². The van der Waals surface area contributed by atoms with E-state index >= 15 is 0 Å². The van der Waals surface area contributed by atoms with Gasteiger partial charge in [-0.3, -0.25) is 4.79 Å². The number of amides is 1. The SMILES string of the molecule is CCC(C)N(C)CCNC(=O)c1cccc(C(=O)O)n1. The van der Waals surface area contributed by atoms with E-state index in [1.54, 1.807) is 0 Å². The molecule has 2 N–H and O–H groups in total. The van der Waals surface area contributed by atoms with Crippen LogP contribution in [0.5, 0.6) is 0 Å². The molecule has 6 heteroatoms. The predicted molar refractivity (Wildman–Crippen MR) is 75.9 cm³/mol. The lowest BCUT2D eigenvalue weighted by Crippen LogP contribution is -2.37. The molecule has 0 saturated carbocycles. The highest BCUT2D eigenvalue weighted by Gasteiger charge is 2.12. The number of nitrogens with zero attached hydrogens (tertiary/aromatic N) is 2. The van der Waals surface area contributed by atoms with Crippen molar-refractivity contribution in [3.63, 3.8) is 0 Å². The second-order valence-corrected chi connectivity index (χ2v) is 4.71. The van der Waals surface area contributed by atoms with E-state index in [4.69, 9.17) is 5.11 Å². The van der Waals surface area contributed by atoms with E-state index in [2.05, 4.69) is 29.0 Å². The zero-order valence-corrected chi connectivity index (χ0v) is 12.1. The average Bonchev–Trinajstić information content (AvgIpc) is 2.46. The minimum Gasteiger partial charge on any atom is -0.477 e. The number of aromatic nitrogens is 1. The quantitative estimate of drug-likeness (QED) is 0.784. The number of pyridine rings is 1. The third-order valence-electron chi connectivity index (χ3n) is 3.29. The molecule has 0 bridgehead atoms. The van der Waals surface area contributed by atoms with Crippen LogP contribution in [-0.2, 0) is 0 Å². The van der Waals surface area contributed by atoms with Crippen LogP contribution in [0.4, 0.5) is 0 Å². The van der Waals surface area contributed by atoms with E-state index in [0.29, 0.717) is 12.6 Å². The number of hydrogen-bond donors (Lipinski definition) is 2. The maximum absolute atomic E-state index is 11.9. The summed E-state index contributed by atoms with van der Waals surface area (Å²) in [5.41, 5.74) is -0.00883. The number of hydrogen-bond acceptors (Lipinski definition) is 4. The average molecular weight is 279 g/mol. The van der Waals surface area contributed by atoms with E-state index in [1.165, 1.54) is 18.2 Å². The summed E-state index contributed by atoms with van der Waals surface area (Å²) in [4.78, 5) is 28.6. The molecule has 1 rings (SSSR count). The van der Waals surface area contributed by atoms with E-state index < -0.39 is 5.97 Å². The summed E-state index contributed by atoms with van der Waals surface area (Å²) in [7, 11) is 2.00. The van der Waals surface area contributed by atoms with Gasteiger partial charge in [-0.1, -0.05) is 13.0 Å². The molecule has 0 aromatic carbocycles. The van der Waals surface area contributed by atoms with Gasteiger partial charge in [-0.05, 0) is 32.5 Å². The molecule has 0 aliphatic carbocycles. The third-order valence-corrected chi connectivity index (χ3v) is 3.29. The zero-order valence-electron chi connectivity index (χ0n) is 12.1. The molecule has 0 aliphatic heterocycles. The Balaban J connectivity index is 2.51. The summed E-state index contributed by atoms with van der Waals surface area (Å²) >= 11 is 0. The Hall–Kier alpha value is -1.95. The Morgan fingerprint density at radius 2 is 2.05 bits per heavy atom. The molecule has 6 nitrogen and oxygen atoms in total. The lowest BCUT2D eigenvalue weighted by atomic mass is 10.2. The first-order chi connectivity index (χ1) is 9.45. The number of carbonyl (C=O) groups is 2. The van der Waals surface area contributed by atoms with Gasteiger partial charge in [-0.15, -0.1) is 0 Å². The summed E-state index contributed by atoms with van der Waals surface area (Å²) in [5, 5.41) is 11.6. The fourth-order valence-corrected chi connectivity index (χ4v) is 1.65. The minimum absolute atomic E-state index is 0.121. The van der Waals surface area contributed by atoms with Crippen LogP contribution >= 0.6 is 0 Å². The van der Waals surface area contributed by atoms with Gasteiger partial charge < -0.3 is 15.3 Å². The van der Waals surface area contributed by atoms with E-state index in [0.717, 1.165) is 13.0 Å². The van der Waals surface area contributed by atoms with Gasteiger partial charge in [0.15, 0.2) is 0 Å². The van der Waals surface area contributed by atoms with Crippen LogP contribution in [-0.4, -0.2) is 53.0 Å². The summed E-state index contributed by atoms with van der Waals surface area (Å²) in [5.74, 6) is -1.50. The first-order valence-corrected chi connectivity index (χ1v) is 6.64. The maximum Gasteiger partial charge on any atom is 0.354 e. The maximum atomic E-state index is 11.9. The predicted octanol–water partition coefficient (Wildman–Crippen LogP) is 1.24. The highest BCUT2D eigenvalue weighted by Crippen LogP contribution is 2.01. The fourth-order valence-electron chi connectivity index (χ4n) is 1.65. The summed E-state index contributed by atoms with van der Waals surface area (Å²) in [6.45, 7) is 5.47. The second-order valence-electron chi connectivity index (χ2n) is 4.71. The molecule has 0 fully saturated rings. The molecule has 20 heavy (non-hydrogen) atoms. The molecule has 1 unspecified atom stereocenters. The zero-order chi connectivity index (χ0) is 15.1. The molecule has 1 atom stereocenters. The standard InChI is InChI=1S/C14H21N3O3/c1-4-10(2)17(3)9-8-15-13(18)11-6-5-7-12(16-11)14(19)20/h5-7,10H,4,8-9H2,1-3H3,(H,15,18)(H,19,20). The van der Waals surface area contributed by atoms with Crippen LogP contribution in [0.3, 0.4) is 0 Å². The van der Waals surface area contributed by atoms with Gasteiger partial charge in [0.2, 0.25) is 0 Å². The largest absolute Gasteiger partial charge is 0.477 e. The highest BCUT2D eigenvalue weighted by molar-refractivity contribution is 5.94. The Labute approximate surface area is 118 Å².